The Hall–Kier alpha value is -0.770. The summed E-state index contributed by atoms with van der Waals surface area (Å²) in [5.41, 5.74) is 2.20. The first kappa shape index (κ1) is 12.7. The Morgan fingerprint density at radius 1 is 1.29 bits per heavy atom. The molecular formula is C13H13BrClNO. The first-order chi connectivity index (χ1) is 8.13. The van der Waals surface area contributed by atoms with Gasteiger partial charge in [0.25, 0.3) is 0 Å². The average molecular weight is 315 g/mol. The van der Waals surface area contributed by atoms with E-state index < -0.39 is 0 Å². The molecule has 0 amide bonds. The topological polar surface area (TPSA) is 25.2 Å². The number of rotatable bonds is 3. The molecule has 0 aliphatic carbocycles. The van der Waals surface area contributed by atoms with Gasteiger partial charge in [0.15, 0.2) is 4.67 Å². The molecule has 1 aromatic carbocycles. The van der Waals surface area contributed by atoms with Gasteiger partial charge in [-0.2, -0.15) is 0 Å². The Kier molecular flexibility index (Phi) is 3.92. The zero-order valence-electron chi connectivity index (χ0n) is 9.63. The molecule has 0 fully saturated rings. The molecule has 0 radical (unpaired) electrons. The maximum Gasteiger partial charge on any atom is 0.169 e. The molecule has 1 N–H and O–H groups in total. The molecule has 1 heterocycles. The minimum atomic E-state index is 0.0139. The van der Waals surface area contributed by atoms with Crippen LogP contribution in [-0.2, 0) is 0 Å². The van der Waals surface area contributed by atoms with Crippen molar-refractivity contribution in [2.75, 3.05) is 7.05 Å². The van der Waals surface area contributed by atoms with Gasteiger partial charge in [0.2, 0.25) is 0 Å². The van der Waals surface area contributed by atoms with Gasteiger partial charge in [-0.1, -0.05) is 23.7 Å². The molecule has 0 aliphatic heterocycles. The summed E-state index contributed by atoms with van der Waals surface area (Å²) in [5, 5.41) is 4.01. The third-order valence-electron chi connectivity index (χ3n) is 2.79. The number of hydrogen-bond acceptors (Lipinski definition) is 2. The van der Waals surface area contributed by atoms with Crippen molar-refractivity contribution in [1.82, 2.24) is 5.32 Å². The lowest BCUT2D eigenvalue weighted by molar-refractivity contribution is 0.446. The van der Waals surface area contributed by atoms with Crippen LogP contribution in [0.25, 0.3) is 0 Å². The van der Waals surface area contributed by atoms with Crippen LogP contribution in [0.4, 0.5) is 0 Å². The summed E-state index contributed by atoms with van der Waals surface area (Å²) in [6.07, 6.45) is 0. The van der Waals surface area contributed by atoms with E-state index in [-0.39, 0.29) is 6.04 Å². The Morgan fingerprint density at radius 3 is 2.65 bits per heavy atom. The molecular weight excluding hydrogens is 302 g/mol. The summed E-state index contributed by atoms with van der Waals surface area (Å²) in [4.78, 5) is 0. The summed E-state index contributed by atoms with van der Waals surface area (Å²) in [7, 11) is 1.90. The highest BCUT2D eigenvalue weighted by atomic mass is 79.9. The second-order valence-corrected chi connectivity index (χ2v) is 5.01. The Bertz CT molecular complexity index is 524. The fraction of sp³-hybridized carbons (Fsp3) is 0.231. The Balaban J connectivity index is 2.45. The minimum absolute atomic E-state index is 0.0139. The third kappa shape index (κ3) is 2.57. The van der Waals surface area contributed by atoms with Crippen LogP contribution in [0.1, 0.15) is 22.9 Å². The first-order valence-electron chi connectivity index (χ1n) is 5.31. The lowest BCUT2D eigenvalue weighted by atomic mass is 9.99. The number of halogens is 2. The lowest BCUT2D eigenvalue weighted by Crippen LogP contribution is -2.18. The van der Waals surface area contributed by atoms with Crippen molar-refractivity contribution < 1.29 is 4.42 Å². The zero-order chi connectivity index (χ0) is 12.4. The highest BCUT2D eigenvalue weighted by Gasteiger charge is 2.18. The van der Waals surface area contributed by atoms with Gasteiger partial charge in [-0.15, -0.1) is 0 Å². The number of benzene rings is 1. The fourth-order valence-corrected chi connectivity index (χ4v) is 2.37. The van der Waals surface area contributed by atoms with Gasteiger partial charge in [-0.3, -0.25) is 0 Å². The molecule has 0 saturated heterocycles. The lowest BCUT2D eigenvalue weighted by Gasteiger charge is -2.17. The molecule has 90 valence electrons. The van der Waals surface area contributed by atoms with Crippen LogP contribution in [-0.4, -0.2) is 7.05 Å². The van der Waals surface area contributed by atoms with Crippen LogP contribution in [0, 0.1) is 6.92 Å². The summed E-state index contributed by atoms with van der Waals surface area (Å²) >= 11 is 9.45. The van der Waals surface area contributed by atoms with Gasteiger partial charge in [-0.05, 0) is 59.2 Å². The van der Waals surface area contributed by atoms with Crippen LogP contribution in [0.15, 0.2) is 39.4 Å². The van der Waals surface area contributed by atoms with E-state index in [9.17, 15) is 0 Å². The van der Waals surface area contributed by atoms with Crippen molar-refractivity contribution in [1.29, 1.82) is 0 Å². The number of furan rings is 1. The van der Waals surface area contributed by atoms with Crippen molar-refractivity contribution in [3.05, 3.63) is 56.9 Å². The van der Waals surface area contributed by atoms with Crippen LogP contribution in [0.5, 0.6) is 0 Å². The molecule has 1 aromatic heterocycles. The summed E-state index contributed by atoms with van der Waals surface area (Å²) in [5.74, 6) is 0.866. The van der Waals surface area contributed by atoms with Crippen molar-refractivity contribution in [3.8, 4) is 0 Å². The van der Waals surface area contributed by atoms with E-state index in [1.54, 1.807) is 0 Å². The van der Waals surface area contributed by atoms with Crippen molar-refractivity contribution in [2.45, 2.75) is 13.0 Å². The van der Waals surface area contributed by atoms with Crippen molar-refractivity contribution in [2.24, 2.45) is 0 Å². The largest absolute Gasteiger partial charge is 0.452 e. The van der Waals surface area contributed by atoms with Crippen LogP contribution in [0.2, 0.25) is 5.02 Å². The Labute approximate surface area is 114 Å². The van der Waals surface area contributed by atoms with E-state index in [1.165, 1.54) is 0 Å². The van der Waals surface area contributed by atoms with Gasteiger partial charge in [0, 0.05) is 5.02 Å². The number of nitrogens with one attached hydrogen (secondary N) is 1. The van der Waals surface area contributed by atoms with E-state index in [4.69, 9.17) is 16.0 Å². The van der Waals surface area contributed by atoms with Crippen molar-refractivity contribution >= 4 is 27.5 Å². The fourth-order valence-electron chi connectivity index (χ4n) is 1.87. The zero-order valence-corrected chi connectivity index (χ0v) is 12.0. The van der Waals surface area contributed by atoms with Gasteiger partial charge < -0.3 is 9.73 Å². The minimum Gasteiger partial charge on any atom is -0.452 e. The van der Waals surface area contributed by atoms with Gasteiger partial charge in [0.05, 0.1) is 6.04 Å². The van der Waals surface area contributed by atoms with E-state index >= 15 is 0 Å². The second kappa shape index (κ2) is 5.25. The molecule has 1 unspecified atom stereocenters. The van der Waals surface area contributed by atoms with E-state index in [0.717, 1.165) is 26.6 Å². The van der Waals surface area contributed by atoms with Crippen molar-refractivity contribution in [3.63, 3.8) is 0 Å². The highest BCUT2D eigenvalue weighted by molar-refractivity contribution is 9.10. The van der Waals surface area contributed by atoms with E-state index in [1.807, 2.05) is 38.2 Å². The number of hydrogen-bond donors (Lipinski definition) is 1. The van der Waals surface area contributed by atoms with E-state index in [2.05, 4.69) is 27.3 Å². The average Bonchev–Trinajstić information content (AvgIpc) is 2.72. The maximum absolute atomic E-state index is 6.14. The summed E-state index contributed by atoms with van der Waals surface area (Å²) in [6.45, 7) is 2.01. The predicted octanol–water partition coefficient (Wildman–Crippen LogP) is 4.31. The highest BCUT2D eigenvalue weighted by Crippen LogP contribution is 2.30. The molecule has 0 aliphatic rings. The molecule has 2 nitrogen and oxygen atoms in total. The monoisotopic (exact) mass is 313 g/mol. The molecule has 2 rings (SSSR count). The van der Waals surface area contributed by atoms with Crippen LogP contribution < -0.4 is 5.32 Å². The Morgan fingerprint density at radius 2 is 2.06 bits per heavy atom. The summed E-state index contributed by atoms with van der Waals surface area (Å²) < 4.78 is 6.33. The van der Waals surface area contributed by atoms with Crippen LogP contribution >= 0.6 is 27.5 Å². The van der Waals surface area contributed by atoms with Gasteiger partial charge >= 0.3 is 0 Å². The first-order valence-corrected chi connectivity index (χ1v) is 6.48. The molecule has 0 saturated carbocycles. The van der Waals surface area contributed by atoms with Gasteiger partial charge in [0.1, 0.15) is 5.76 Å². The second-order valence-electron chi connectivity index (χ2n) is 3.82. The summed E-state index contributed by atoms with van der Waals surface area (Å²) in [6, 6.07) is 9.75. The molecule has 1 atom stereocenters. The van der Waals surface area contributed by atoms with Crippen LogP contribution in [0.3, 0.4) is 0 Å². The maximum atomic E-state index is 6.14. The standard InChI is InChI=1S/C13H13BrClNO/c1-8-9(4-3-5-10(8)15)13(16-2)11-6-7-12(14)17-11/h3-7,13,16H,1-2H3. The van der Waals surface area contributed by atoms with Gasteiger partial charge in [-0.25, -0.2) is 0 Å². The smallest absolute Gasteiger partial charge is 0.169 e. The normalized spacial score (nSPS) is 12.7. The molecule has 4 heteroatoms. The third-order valence-corrected chi connectivity index (χ3v) is 3.62. The molecule has 2 aromatic rings. The molecule has 17 heavy (non-hydrogen) atoms. The predicted molar refractivity (Wildman–Crippen MR) is 73.5 cm³/mol. The molecule has 0 bridgehead atoms. The molecule has 0 spiro atoms. The SMILES string of the molecule is CNC(c1ccc(Br)o1)c1cccc(Cl)c1C. The quantitative estimate of drug-likeness (QED) is 0.913. The van der Waals surface area contributed by atoms with E-state index in [0.29, 0.717) is 0 Å².